The summed E-state index contributed by atoms with van der Waals surface area (Å²) in [5.41, 5.74) is 0.910. The fourth-order valence-electron chi connectivity index (χ4n) is 2.11. The number of pyridine rings is 1. The summed E-state index contributed by atoms with van der Waals surface area (Å²) in [5.74, 6) is 0.572. The molecule has 1 N–H and O–H groups in total. The highest BCUT2D eigenvalue weighted by Gasteiger charge is 2.07. The third kappa shape index (κ3) is 3.62. The quantitative estimate of drug-likeness (QED) is 0.777. The fourth-order valence-corrected chi connectivity index (χ4v) is 2.11. The van der Waals surface area contributed by atoms with Crippen LogP contribution >= 0.6 is 0 Å². The molecule has 0 aliphatic carbocycles. The van der Waals surface area contributed by atoms with E-state index < -0.39 is 11.6 Å². The van der Waals surface area contributed by atoms with E-state index in [0.717, 1.165) is 18.2 Å². The predicted molar refractivity (Wildman–Crippen MR) is 85.5 cm³/mol. The van der Waals surface area contributed by atoms with Crippen molar-refractivity contribution in [1.29, 1.82) is 0 Å². The van der Waals surface area contributed by atoms with Crippen molar-refractivity contribution in [2.45, 2.75) is 6.54 Å². The molecule has 0 aliphatic heterocycles. The molecule has 2 heterocycles. The lowest BCUT2D eigenvalue weighted by Gasteiger charge is -2.08. The molecule has 24 heavy (non-hydrogen) atoms. The largest absolute Gasteiger partial charge is 0.495 e. The first-order valence-electron chi connectivity index (χ1n) is 7.16. The maximum Gasteiger partial charge on any atom is 0.163 e. The number of benzene rings is 1. The second-order valence-electron chi connectivity index (χ2n) is 4.97. The van der Waals surface area contributed by atoms with Crippen LogP contribution in [0.2, 0.25) is 0 Å². The number of nitrogens with zero attached hydrogens (tertiary/aromatic N) is 3. The first-order valence-corrected chi connectivity index (χ1v) is 7.16. The van der Waals surface area contributed by atoms with Crippen molar-refractivity contribution < 1.29 is 13.5 Å². The molecule has 0 saturated carbocycles. The molecule has 0 fully saturated rings. The molecular formula is C17H14F2N4O. The van der Waals surface area contributed by atoms with Crippen LogP contribution in [0.1, 0.15) is 5.56 Å². The normalized spacial score (nSPS) is 10.5. The van der Waals surface area contributed by atoms with E-state index >= 15 is 0 Å². The van der Waals surface area contributed by atoms with Crippen LogP contribution < -0.4 is 10.1 Å². The second-order valence-corrected chi connectivity index (χ2v) is 4.97. The van der Waals surface area contributed by atoms with Crippen molar-refractivity contribution >= 4 is 5.82 Å². The van der Waals surface area contributed by atoms with E-state index in [9.17, 15) is 8.78 Å². The van der Waals surface area contributed by atoms with E-state index in [1.165, 1.54) is 0 Å². The number of anilines is 1. The van der Waals surface area contributed by atoms with Gasteiger partial charge in [0.15, 0.2) is 5.82 Å². The Kier molecular flexibility index (Phi) is 4.60. The van der Waals surface area contributed by atoms with E-state index in [2.05, 4.69) is 20.3 Å². The lowest BCUT2D eigenvalue weighted by atomic mass is 10.2. The molecule has 0 saturated heterocycles. The number of hydrogen-bond donors (Lipinski definition) is 1. The van der Waals surface area contributed by atoms with Gasteiger partial charge in [0, 0.05) is 30.1 Å². The van der Waals surface area contributed by atoms with Crippen LogP contribution in [0.25, 0.3) is 11.4 Å². The summed E-state index contributed by atoms with van der Waals surface area (Å²) >= 11 is 0. The maximum atomic E-state index is 13.6. The van der Waals surface area contributed by atoms with Crippen LogP contribution in [-0.2, 0) is 6.54 Å². The molecule has 2 aromatic heterocycles. The van der Waals surface area contributed by atoms with Crippen molar-refractivity contribution in [3.63, 3.8) is 0 Å². The summed E-state index contributed by atoms with van der Waals surface area (Å²) < 4.78 is 32.0. The molecule has 0 aliphatic rings. The van der Waals surface area contributed by atoms with Crippen LogP contribution in [-0.4, -0.2) is 22.1 Å². The van der Waals surface area contributed by atoms with Gasteiger partial charge < -0.3 is 10.1 Å². The highest BCUT2D eigenvalue weighted by molar-refractivity contribution is 5.57. The zero-order chi connectivity index (χ0) is 16.9. The van der Waals surface area contributed by atoms with Crippen molar-refractivity contribution in [2.75, 3.05) is 12.4 Å². The van der Waals surface area contributed by atoms with Gasteiger partial charge in [0.25, 0.3) is 0 Å². The summed E-state index contributed by atoms with van der Waals surface area (Å²) in [6.45, 7) is 0.108. The lowest BCUT2D eigenvalue weighted by molar-refractivity contribution is 0.413. The summed E-state index contributed by atoms with van der Waals surface area (Å²) in [4.78, 5) is 12.6. The van der Waals surface area contributed by atoms with E-state index in [1.54, 1.807) is 37.8 Å². The Bertz CT molecular complexity index is 857. The molecule has 0 radical (unpaired) electrons. The summed E-state index contributed by atoms with van der Waals surface area (Å²) in [7, 11) is 1.55. The minimum absolute atomic E-state index is 0.108. The third-order valence-corrected chi connectivity index (χ3v) is 3.33. The average molecular weight is 328 g/mol. The van der Waals surface area contributed by atoms with E-state index in [4.69, 9.17) is 4.74 Å². The smallest absolute Gasteiger partial charge is 0.163 e. The molecular weight excluding hydrogens is 314 g/mol. The first-order chi connectivity index (χ1) is 11.7. The molecule has 122 valence electrons. The van der Waals surface area contributed by atoms with Crippen LogP contribution in [0.5, 0.6) is 5.75 Å². The predicted octanol–water partition coefficient (Wildman–Crippen LogP) is 3.44. The Morgan fingerprint density at radius 3 is 2.83 bits per heavy atom. The number of nitrogens with one attached hydrogen (secondary N) is 1. The highest BCUT2D eigenvalue weighted by Crippen LogP contribution is 2.20. The molecule has 0 unspecified atom stereocenters. The Balaban J connectivity index is 1.79. The van der Waals surface area contributed by atoms with Crippen molar-refractivity contribution in [3.05, 3.63) is 66.1 Å². The van der Waals surface area contributed by atoms with Crippen molar-refractivity contribution in [1.82, 2.24) is 15.0 Å². The number of hydrogen-bond acceptors (Lipinski definition) is 5. The third-order valence-electron chi connectivity index (χ3n) is 3.33. The SMILES string of the molecule is COc1cncc(-c2nccc(NCc3cc(F)ccc3F)n2)c1. The Hall–Kier alpha value is -3.09. The van der Waals surface area contributed by atoms with Crippen LogP contribution in [0.4, 0.5) is 14.6 Å². The molecule has 0 spiro atoms. The van der Waals surface area contributed by atoms with Gasteiger partial charge in [-0.3, -0.25) is 4.98 Å². The van der Waals surface area contributed by atoms with Gasteiger partial charge in [-0.2, -0.15) is 0 Å². The highest BCUT2D eigenvalue weighted by atomic mass is 19.1. The van der Waals surface area contributed by atoms with Crippen LogP contribution in [0, 0.1) is 11.6 Å². The zero-order valence-electron chi connectivity index (χ0n) is 12.8. The van der Waals surface area contributed by atoms with Gasteiger partial charge >= 0.3 is 0 Å². The molecule has 0 bridgehead atoms. The standard InChI is InChI=1S/C17H14F2N4O/c1-24-14-7-12(8-20-10-14)17-21-5-4-16(23-17)22-9-11-6-13(18)2-3-15(11)19/h2-8,10H,9H2,1H3,(H,21,22,23). The molecule has 7 heteroatoms. The number of ether oxygens (including phenoxy) is 1. The van der Waals surface area contributed by atoms with Crippen molar-refractivity contribution in [3.8, 4) is 17.1 Å². The Labute approximate surface area is 137 Å². The van der Waals surface area contributed by atoms with Gasteiger partial charge in [-0.25, -0.2) is 18.7 Å². The molecule has 3 aromatic rings. The minimum Gasteiger partial charge on any atom is -0.495 e. The number of halogens is 2. The Morgan fingerprint density at radius 1 is 1.12 bits per heavy atom. The molecule has 1 aromatic carbocycles. The average Bonchev–Trinajstić information content (AvgIpc) is 2.63. The van der Waals surface area contributed by atoms with Gasteiger partial charge in [-0.1, -0.05) is 0 Å². The maximum absolute atomic E-state index is 13.6. The second kappa shape index (κ2) is 6.99. The van der Waals surface area contributed by atoms with Gasteiger partial charge in [0.1, 0.15) is 23.2 Å². The van der Waals surface area contributed by atoms with Crippen molar-refractivity contribution in [2.24, 2.45) is 0 Å². The lowest BCUT2D eigenvalue weighted by Crippen LogP contribution is -2.05. The van der Waals surface area contributed by atoms with Crippen LogP contribution in [0.15, 0.2) is 48.9 Å². The summed E-state index contributed by atoms with van der Waals surface area (Å²) in [6.07, 6.45) is 4.78. The molecule has 0 amide bonds. The van der Waals surface area contributed by atoms with Gasteiger partial charge in [-0.15, -0.1) is 0 Å². The van der Waals surface area contributed by atoms with Gasteiger partial charge in [-0.05, 0) is 30.3 Å². The Morgan fingerprint density at radius 2 is 2.00 bits per heavy atom. The number of aromatic nitrogens is 3. The monoisotopic (exact) mass is 328 g/mol. The van der Waals surface area contributed by atoms with E-state index in [-0.39, 0.29) is 12.1 Å². The van der Waals surface area contributed by atoms with Gasteiger partial charge in [0.2, 0.25) is 0 Å². The topological polar surface area (TPSA) is 59.9 Å². The summed E-state index contributed by atoms with van der Waals surface area (Å²) in [6, 6.07) is 6.74. The van der Waals surface area contributed by atoms with E-state index in [1.807, 2.05) is 0 Å². The van der Waals surface area contributed by atoms with E-state index in [0.29, 0.717) is 23.0 Å². The first kappa shape index (κ1) is 15.8. The van der Waals surface area contributed by atoms with Crippen LogP contribution in [0.3, 0.4) is 0 Å². The fraction of sp³-hybridized carbons (Fsp3) is 0.118. The van der Waals surface area contributed by atoms with Gasteiger partial charge in [0.05, 0.1) is 13.3 Å². The molecule has 5 nitrogen and oxygen atoms in total. The molecule has 0 atom stereocenters. The zero-order valence-corrected chi connectivity index (χ0v) is 12.8. The number of methoxy groups -OCH3 is 1. The minimum atomic E-state index is -0.487. The molecule has 3 rings (SSSR count). The number of rotatable bonds is 5. The summed E-state index contributed by atoms with van der Waals surface area (Å²) in [5, 5.41) is 2.96.